The van der Waals surface area contributed by atoms with Crippen molar-refractivity contribution < 1.29 is 18.7 Å². The Balaban J connectivity index is 1.86. The molecule has 0 spiro atoms. The van der Waals surface area contributed by atoms with Crippen molar-refractivity contribution in [3.63, 3.8) is 0 Å². The molecule has 1 aromatic carbocycles. The minimum Gasteiger partial charge on any atom is -0.396 e. The van der Waals surface area contributed by atoms with Gasteiger partial charge in [0.15, 0.2) is 5.78 Å². The summed E-state index contributed by atoms with van der Waals surface area (Å²) in [6, 6.07) is 2.92. The van der Waals surface area contributed by atoms with Crippen LogP contribution in [0, 0.1) is 17.6 Å². The van der Waals surface area contributed by atoms with Crippen LogP contribution in [0.15, 0.2) is 18.2 Å². The Hall–Kier alpha value is -1.33. The van der Waals surface area contributed by atoms with E-state index in [1.54, 1.807) is 0 Å². The number of carbonyl (C=O) groups is 1. The molecule has 116 valence electrons. The summed E-state index contributed by atoms with van der Waals surface area (Å²) in [4.78, 5) is 14.2. The Kier molecular flexibility index (Phi) is 5.82. The fraction of sp³-hybridized carbons (Fsp3) is 0.562. The maximum Gasteiger partial charge on any atom is 0.164 e. The zero-order valence-electron chi connectivity index (χ0n) is 12.0. The first-order chi connectivity index (χ1) is 10.1. The van der Waals surface area contributed by atoms with Crippen molar-refractivity contribution >= 4 is 5.78 Å². The minimum absolute atomic E-state index is 0.0939. The zero-order chi connectivity index (χ0) is 15.2. The molecule has 1 saturated heterocycles. The molecule has 1 heterocycles. The van der Waals surface area contributed by atoms with Gasteiger partial charge in [-0.25, -0.2) is 8.78 Å². The third-order valence-electron chi connectivity index (χ3n) is 3.98. The van der Waals surface area contributed by atoms with Crippen LogP contribution in [0.1, 0.15) is 36.0 Å². The van der Waals surface area contributed by atoms with Gasteiger partial charge in [0.2, 0.25) is 0 Å². The molecular formula is C16H21F2NO2. The summed E-state index contributed by atoms with van der Waals surface area (Å²) in [7, 11) is 0. The zero-order valence-corrected chi connectivity index (χ0v) is 12.0. The average Bonchev–Trinajstić information content (AvgIpc) is 2.44. The highest BCUT2D eigenvalue weighted by Gasteiger charge is 2.20. The molecule has 1 atom stereocenters. The third kappa shape index (κ3) is 4.86. The quantitative estimate of drug-likeness (QED) is 0.821. The van der Waals surface area contributed by atoms with E-state index < -0.39 is 11.6 Å². The SMILES string of the molecule is O=C(CCN1CCCC(CCO)C1)c1cc(F)cc(F)c1. The summed E-state index contributed by atoms with van der Waals surface area (Å²) in [6.45, 7) is 2.61. The molecule has 3 nitrogen and oxygen atoms in total. The van der Waals surface area contributed by atoms with Gasteiger partial charge in [-0.15, -0.1) is 0 Å². The van der Waals surface area contributed by atoms with Gasteiger partial charge in [-0.05, 0) is 43.9 Å². The Morgan fingerprint density at radius 3 is 2.67 bits per heavy atom. The number of piperidine rings is 1. The number of hydrogen-bond acceptors (Lipinski definition) is 3. The summed E-state index contributed by atoms with van der Waals surface area (Å²) in [5.74, 6) is -1.21. The van der Waals surface area contributed by atoms with E-state index in [0.717, 1.165) is 50.6 Å². The highest BCUT2D eigenvalue weighted by Crippen LogP contribution is 2.19. The van der Waals surface area contributed by atoms with Gasteiger partial charge in [0.05, 0.1) is 0 Å². The number of aliphatic hydroxyl groups excluding tert-OH is 1. The second-order valence-electron chi connectivity index (χ2n) is 5.65. The molecular weight excluding hydrogens is 276 g/mol. The molecule has 21 heavy (non-hydrogen) atoms. The summed E-state index contributed by atoms with van der Waals surface area (Å²) in [5, 5.41) is 8.98. The topological polar surface area (TPSA) is 40.5 Å². The molecule has 0 saturated carbocycles. The van der Waals surface area contributed by atoms with E-state index in [2.05, 4.69) is 4.90 Å². The van der Waals surface area contributed by atoms with E-state index in [0.29, 0.717) is 12.5 Å². The molecule has 1 aromatic rings. The molecule has 0 aliphatic carbocycles. The molecule has 0 amide bonds. The van der Waals surface area contributed by atoms with Crippen LogP contribution < -0.4 is 0 Å². The summed E-state index contributed by atoms with van der Waals surface area (Å²) in [6.07, 6.45) is 3.22. The van der Waals surface area contributed by atoms with Crippen molar-refractivity contribution in [3.05, 3.63) is 35.4 Å². The van der Waals surface area contributed by atoms with Gasteiger partial charge in [0.1, 0.15) is 11.6 Å². The number of carbonyl (C=O) groups excluding carboxylic acids is 1. The number of ketones is 1. The van der Waals surface area contributed by atoms with Crippen LogP contribution in [0.5, 0.6) is 0 Å². The minimum atomic E-state index is -0.723. The van der Waals surface area contributed by atoms with Crippen LogP contribution in [0.25, 0.3) is 0 Å². The van der Waals surface area contributed by atoms with E-state index in [-0.39, 0.29) is 24.4 Å². The van der Waals surface area contributed by atoms with Crippen LogP contribution in [-0.2, 0) is 0 Å². The standard InChI is InChI=1S/C16H21F2NO2/c17-14-8-13(9-15(18)10-14)16(21)3-6-19-5-1-2-12(11-19)4-7-20/h8-10,12,20H,1-7,11H2. The first-order valence-electron chi connectivity index (χ1n) is 7.41. The average molecular weight is 297 g/mol. The van der Waals surface area contributed by atoms with Crippen molar-refractivity contribution in [1.29, 1.82) is 0 Å². The second kappa shape index (κ2) is 7.61. The lowest BCUT2D eigenvalue weighted by Gasteiger charge is -2.32. The van der Waals surface area contributed by atoms with E-state index in [9.17, 15) is 13.6 Å². The number of halogens is 2. The Bertz CT molecular complexity index is 471. The number of benzene rings is 1. The third-order valence-corrected chi connectivity index (χ3v) is 3.98. The fourth-order valence-corrected chi connectivity index (χ4v) is 2.89. The number of hydrogen-bond donors (Lipinski definition) is 1. The van der Waals surface area contributed by atoms with Crippen molar-refractivity contribution in [3.8, 4) is 0 Å². The van der Waals surface area contributed by atoms with Gasteiger partial charge in [0, 0.05) is 37.7 Å². The predicted molar refractivity (Wildman–Crippen MR) is 76.2 cm³/mol. The first-order valence-corrected chi connectivity index (χ1v) is 7.41. The number of Topliss-reactive ketones (excluding diaryl/α,β-unsaturated/α-hetero) is 1. The molecule has 5 heteroatoms. The molecule has 1 N–H and O–H groups in total. The molecule has 1 aliphatic rings. The fourth-order valence-electron chi connectivity index (χ4n) is 2.89. The lowest BCUT2D eigenvalue weighted by atomic mass is 9.95. The van der Waals surface area contributed by atoms with Crippen LogP contribution in [0.2, 0.25) is 0 Å². The first kappa shape index (κ1) is 16.0. The van der Waals surface area contributed by atoms with E-state index in [1.165, 1.54) is 0 Å². The van der Waals surface area contributed by atoms with Gasteiger partial charge in [-0.1, -0.05) is 0 Å². The van der Waals surface area contributed by atoms with Gasteiger partial charge < -0.3 is 10.0 Å². The van der Waals surface area contributed by atoms with Gasteiger partial charge in [0.25, 0.3) is 0 Å². The maximum absolute atomic E-state index is 13.1. The number of likely N-dealkylation sites (tertiary alicyclic amines) is 1. The summed E-state index contributed by atoms with van der Waals surface area (Å²) >= 11 is 0. The molecule has 2 rings (SSSR count). The van der Waals surface area contributed by atoms with Crippen molar-refractivity contribution in [2.75, 3.05) is 26.2 Å². The Labute approximate surface area is 123 Å². The molecule has 1 aliphatic heterocycles. The number of nitrogens with zero attached hydrogens (tertiary/aromatic N) is 1. The van der Waals surface area contributed by atoms with E-state index >= 15 is 0 Å². The van der Waals surface area contributed by atoms with Gasteiger partial charge in [-0.3, -0.25) is 4.79 Å². The predicted octanol–water partition coefficient (Wildman–Crippen LogP) is 2.63. The van der Waals surface area contributed by atoms with Crippen LogP contribution in [0.3, 0.4) is 0 Å². The smallest absolute Gasteiger partial charge is 0.164 e. The second-order valence-corrected chi connectivity index (χ2v) is 5.65. The summed E-state index contributed by atoms with van der Waals surface area (Å²) < 4.78 is 26.2. The Morgan fingerprint density at radius 1 is 1.29 bits per heavy atom. The highest BCUT2D eigenvalue weighted by atomic mass is 19.1. The lowest BCUT2D eigenvalue weighted by Crippen LogP contribution is -2.37. The molecule has 0 radical (unpaired) electrons. The molecule has 1 unspecified atom stereocenters. The molecule has 0 aromatic heterocycles. The highest BCUT2D eigenvalue weighted by molar-refractivity contribution is 5.96. The van der Waals surface area contributed by atoms with E-state index in [4.69, 9.17) is 5.11 Å². The van der Waals surface area contributed by atoms with Gasteiger partial charge in [-0.2, -0.15) is 0 Å². The van der Waals surface area contributed by atoms with Crippen LogP contribution >= 0.6 is 0 Å². The van der Waals surface area contributed by atoms with E-state index in [1.807, 2.05) is 0 Å². The largest absolute Gasteiger partial charge is 0.396 e. The number of aliphatic hydroxyl groups is 1. The van der Waals surface area contributed by atoms with Crippen molar-refractivity contribution in [2.24, 2.45) is 5.92 Å². The van der Waals surface area contributed by atoms with Crippen LogP contribution in [-0.4, -0.2) is 42.0 Å². The maximum atomic E-state index is 13.1. The summed E-state index contributed by atoms with van der Waals surface area (Å²) in [5.41, 5.74) is 0.0939. The Morgan fingerprint density at radius 2 is 2.00 bits per heavy atom. The van der Waals surface area contributed by atoms with Crippen molar-refractivity contribution in [2.45, 2.75) is 25.7 Å². The van der Waals surface area contributed by atoms with Gasteiger partial charge >= 0.3 is 0 Å². The molecule has 0 bridgehead atoms. The number of rotatable bonds is 6. The lowest BCUT2D eigenvalue weighted by molar-refractivity contribution is 0.0937. The monoisotopic (exact) mass is 297 g/mol. The van der Waals surface area contributed by atoms with Crippen LogP contribution in [0.4, 0.5) is 8.78 Å². The van der Waals surface area contributed by atoms with Crippen molar-refractivity contribution in [1.82, 2.24) is 4.90 Å². The molecule has 1 fully saturated rings. The normalized spacial score (nSPS) is 19.7.